The highest BCUT2D eigenvalue weighted by molar-refractivity contribution is 9.10. The molecule has 19 heavy (non-hydrogen) atoms. The maximum absolute atomic E-state index is 13.8. The van der Waals surface area contributed by atoms with E-state index in [0.717, 1.165) is 6.07 Å². The van der Waals surface area contributed by atoms with E-state index in [-0.39, 0.29) is 22.0 Å². The molecule has 1 rings (SSSR count). The number of nitrogens with two attached hydrogens (primary N) is 1. The van der Waals surface area contributed by atoms with Crippen LogP contribution in [0.2, 0.25) is 0 Å². The Kier molecular flexibility index (Phi) is 5.48. The number of halogens is 2. The van der Waals surface area contributed by atoms with E-state index >= 15 is 0 Å². The predicted octanol–water partition coefficient (Wildman–Crippen LogP) is 1.22. The van der Waals surface area contributed by atoms with Gasteiger partial charge in [0.15, 0.2) is 5.82 Å². The van der Waals surface area contributed by atoms with Crippen LogP contribution < -0.4 is 10.5 Å². The monoisotopic (exact) mass is 372 g/mol. The topological polar surface area (TPSA) is 89.3 Å². The van der Waals surface area contributed by atoms with Crippen molar-refractivity contribution < 1.29 is 17.0 Å². The summed E-state index contributed by atoms with van der Waals surface area (Å²) in [6, 6.07) is 2.31. The van der Waals surface area contributed by atoms with Gasteiger partial charge in [-0.2, -0.15) is 0 Å². The van der Waals surface area contributed by atoms with Crippen LogP contribution in [0.3, 0.4) is 0 Å². The minimum atomic E-state index is -4.03. The SMILES string of the molecule is CC(CNS(=O)(=O)c1cc(N)cc(Br)c1F)S(C)=O. The van der Waals surface area contributed by atoms with E-state index in [1.54, 1.807) is 6.92 Å². The Bertz CT molecular complexity index is 607. The highest BCUT2D eigenvalue weighted by atomic mass is 79.9. The van der Waals surface area contributed by atoms with Crippen LogP contribution in [0.1, 0.15) is 6.92 Å². The standard InChI is InChI=1S/C10H14BrFN2O3S2/c1-6(18(2)15)5-14-19(16,17)9-4-7(13)3-8(11)10(9)12/h3-4,6,14H,5,13H2,1-2H3. The van der Waals surface area contributed by atoms with E-state index in [1.807, 2.05) is 0 Å². The van der Waals surface area contributed by atoms with Crippen molar-refractivity contribution in [1.82, 2.24) is 4.72 Å². The number of nitrogens with one attached hydrogen (secondary N) is 1. The van der Waals surface area contributed by atoms with Gasteiger partial charge in [-0.15, -0.1) is 0 Å². The van der Waals surface area contributed by atoms with Gasteiger partial charge in [0, 0.05) is 34.5 Å². The van der Waals surface area contributed by atoms with Gasteiger partial charge in [0.25, 0.3) is 0 Å². The molecule has 0 aliphatic carbocycles. The first-order chi connectivity index (χ1) is 8.65. The van der Waals surface area contributed by atoms with Crippen LogP contribution in [0.4, 0.5) is 10.1 Å². The van der Waals surface area contributed by atoms with Gasteiger partial charge in [0.2, 0.25) is 10.0 Å². The van der Waals surface area contributed by atoms with Crippen LogP contribution in [-0.4, -0.2) is 30.7 Å². The molecule has 108 valence electrons. The third-order valence-corrected chi connectivity index (χ3v) is 5.73. The van der Waals surface area contributed by atoms with Crippen molar-refractivity contribution in [3.05, 3.63) is 22.4 Å². The lowest BCUT2D eigenvalue weighted by molar-refractivity contribution is 0.554. The molecule has 5 nitrogen and oxygen atoms in total. The van der Waals surface area contributed by atoms with E-state index < -0.39 is 31.5 Å². The van der Waals surface area contributed by atoms with Crippen LogP contribution >= 0.6 is 15.9 Å². The van der Waals surface area contributed by atoms with Crippen molar-refractivity contribution in [2.24, 2.45) is 0 Å². The Morgan fingerprint density at radius 2 is 2.11 bits per heavy atom. The van der Waals surface area contributed by atoms with E-state index in [9.17, 15) is 17.0 Å². The fraction of sp³-hybridized carbons (Fsp3) is 0.400. The Morgan fingerprint density at radius 3 is 2.63 bits per heavy atom. The van der Waals surface area contributed by atoms with Crippen LogP contribution in [0.15, 0.2) is 21.5 Å². The summed E-state index contributed by atoms with van der Waals surface area (Å²) in [4.78, 5) is -0.534. The van der Waals surface area contributed by atoms with Gasteiger partial charge < -0.3 is 5.73 Å². The maximum atomic E-state index is 13.8. The van der Waals surface area contributed by atoms with Gasteiger partial charge >= 0.3 is 0 Å². The van der Waals surface area contributed by atoms with Crippen molar-refractivity contribution >= 4 is 42.4 Å². The van der Waals surface area contributed by atoms with Gasteiger partial charge in [-0.25, -0.2) is 17.5 Å². The summed E-state index contributed by atoms with van der Waals surface area (Å²) in [5.41, 5.74) is 5.62. The molecule has 0 saturated heterocycles. The third-order valence-electron chi connectivity index (χ3n) is 2.43. The molecule has 0 saturated carbocycles. The second-order valence-corrected chi connectivity index (χ2v) is 8.37. The largest absolute Gasteiger partial charge is 0.399 e. The van der Waals surface area contributed by atoms with E-state index in [0.29, 0.717) is 0 Å². The van der Waals surface area contributed by atoms with Gasteiger partial charge in [-0.3, -0.25) is 4.21 Å². The van der Waals surface area contributed by atoms with Crippen molar-refractivity contribution in [2.45, 2.75) is 17.1 Å². The number of rotatable bonds is 5. The summed E-state index contributed by atoms with van der Waals surface area (Å²) in [6.07, 6.45) is 1.47. The fourth-order valence-corrected chi connectivity index (χ4v) is 3.50. The predicted molar refractivity (Wildman–Crippen MR) is 77.2 cm³/mol. The first-order valence-corrected chi connectivity index (χ1v) is 9.11. The Balaban J connectivity index is 3.05. The van der Waals surface area contributed by atoms with Crippen molar-refractivity contribution in [2.75, 3.05) is 18.5 Å². The second kappa shape index (κ2) is 6.29. The third kappa shape index (κ3) is 4.23. The van der Waals surface area contributed by atoms with Gasteiger partial charge in [-0.05, 0) is 35.0 Å². The molecule has 9 heteroatoms. The average Bonchev–Trinajstić information content (AvgIpc) is 2.30. The molecular weight excluding hydrogens is 359 g/mol. The molecule has 0 radical (unpaired) electrons. The van der Waals surface area contributed by atoms with Crippen molar-refractivity contribution in [3.8, 4) is 0 Å². The zero-order chi connectivity index (χ0) is 14.8. The maximum Gasteiger partial charge on any atom is 0.243 e. The summed E-state index contributed by atoms with van der Waals surface area (Å²) < 4.78 is 51.0. The lowest BCUT2D eigenvalue weighted by atomic mass is 10.3. The van der Waals surface area contributed by atoms with E-state index in [1.165, 1.54) is 12.3 Å². The van der Waals surface area contributed by atoms with Crippen LogP contribution in [0.25, 0.3) is 0 Å². The number of sulfonamides is 1. The number of hydrogen-bond donors (Lipinski definition) is 2. The highest BCUT2D eigenvalue weighted by Crippen LogP contribution is 2.25. The van der Waals surface area contributed by atoms with E-state index in [2.05, 4.69) is 20.7 Å². The number of hydrogen-bond acceptors (Lipinski definition) is 4. The van der Waals surface area contributed by atoms with Crippen LogP contribution in [0.5, 0.6) is 0 Å². The Labute approximate surface area is 122 Å². The summed E-state index contributed by atoms with van der Waals surface area (Å²) in [5, 5.41) is -0.373. The van der Waals surface area contributed by atoms with Crippen molar-refractivity contribution in [3.63, 3.8) is 0 Å². The molecule has 1 aromatic rings. The average molecular weight is 373 g/mol. The molecule has 0 aliphatic rings. The summed E-state index contributed by atoms with van der Waals surface area (Å²) in [6.45, 7) is 1.58. The molecule has 0 amide bonds. The first-order valence-electron chi connectivity index (χ1n) is 5.21. The molecule has 0 aliphatic heterocycles. The normalized spacial score (nSPS) is 15.2. The Morgan fingerprint density at radius 1 is 1.53 bits per heavy atom. The molecule has 2 atom stereocenters. The zero-order valence-corrected chi connectivity index (χ0v) is 13.5. The molecule has 0 fully saturated rings. The quantitative estimate of drug-likeness (QED) is 0.760. The molecule has 0 spiro atoms. The number of nitrogen functional groups attached to an aromatic ring is 1. The van der Waals surface area contributed by atoms with Crippen LogP contribution in [-0.2, 0) is 20.8 Å². The van der Waals surface area contributed by atoms with Crippen molar-refractivity contribution in [1.29, 1.82) is 0 Å². The van der Waals surface area contributed by atoms with Gasteiger partial charge in [-0.1, -0.05) is 0 Å². The summed E-state index contributed by atoms with van der Waals surface area (Å²) in [5.74, 6) is -0.910. The molecule has 2 unspecified atom stereocenters. The fourth-order valence-electron chi connectivity index (χ4n) is 1.20. The second-order valence-electron chi connectivity index (χ2n) is 3.98. The molecule has 1 aromatic carbocycles. The lowest BCUT2D eigenvalue weighted by Gasteiger charge is -2.12. The minimum Gasteiger partial charge on any atom is -0.399 e. The number of anilines is 1. The molecule has 0 aromatic heterocycles. The highest BCUT2D eigenvalue weighted by Gasteiger charge is 2.22. The molecule has 0 bridgehead atoms. The molecule has 3 N–H and O–H groups in total. The minimum absolute atomic E-state index is 0.0278. The van der Waals surface area contributed by atoms with E-state index in [4.69, 9.17) is 5.73 Å². The summed E-state index contributed by atoms with van der Waals surface area (Å²) >= 11 is 2.90. The lowest BCUT2D eigenvalue weighted by Crippen LogP contribution is -2.33. The smallest absolute Gasteiger partial charge is 0.243 e. The van der Waals surface area contributed by atoms with Crippen LogP contribution in [0, 0.1) is 5.82 Å². The Hall–Kier alpha value is -0.510. The van der Waals surface area contributed by atoms with Gasteiger partial charge in [0.1, 0.15) is 4.90 Å². The number of benzene rings is 1. The molecular formula is C10H14BrFN2O3S2. The van der Waals surface area contributed by atoms with Gasteiger partial charge in [0.05, 0.1) is 4.47 Å². The molecule has 0 heterocycles. The first kappa shape index (κ1) is 16.5. The zero-order valence-electron chi connectivity index (χ0n) is 10.3. The summed E-state index contributed by atoms with van der Waals surface area (Å²) in [7, 11) is -5.20.